The average molecular weight is 564 g/mol. The molecule has 0 radical (unpaired) electrons. The van der Waals surface area contributed by atoms with Crippen molar-refractivity contribution < 1.29 is 23.5 Å². The summed E-state index contributed by atoms with van der Waals surface area (Å²) in [5.41, 5.74) is 2.94. The van der Waals surface area contributed by atoms with Gasteiger partial charge in [0.2, 0.25) is 11.8 Å². The molecule has 1 N–H and O–H groups in total. The maximum absolute atomic E-state index is 14.6. The molecule has 2 fully saturated rings. The van der Waals surface area contributed by atoms with Crippen LogP contribution >= 0.6 is 11.3 Å². The number of amides is 2. The van der Waals surface area contributed by atoms with E-state index in [1.165, 1.54) is 30.6 Å². The standard InChI is InChI=1S/C31H34FN3O4S/c1-19-6-4-5-7-23(19)29(37)25-26(30-20(2)12-17-40-30)28(31(38)34-15-13-33-14-16-34)35(24(36)18-39-3)27(25)21-8-10-22(32)11-9-21/h4-12,17,25-28,33H,13-16,18H2,1-3H3. The molecule has 2 saturated heterocycles. The van der Waals surface area contributed by atoms with Gasteiger partial charge in [-0.25, -0.2) is 4.39 Å². The lowest BCUT2D eigenvalue weighted by Crippen LogP contribution is -2.55. The molecule has 40 heavy (non-hydrogen) atoms. The van der Waals surface area contributed by atoms with Crippen LogP contribution in [0.25, 0.3) is 0 Å². The Morgan fingerprint density at radius 1 is 1.00 bits per heavy atom. The summed E-state index contributed by atoms with van der Waals surface area (Å²) in [5.74, 6) is -2.50. The van der Waals surface area contributed by atoms with Gasteiger partial charge in [-0.05, 0) is 54.1 Å². The van der Waals surface area contributed by atoms with E-state index in [4.69, 9.17) is 4.74 Å². The third kappa shape index (κ3) is 5.21. The Kier molecular flexibility index (Phi) is 8.44. The molecule has 3 heterocycles. The minimum atomic E-state index is -0.925. The summed E-state index contributed by atoms with van der Waals surface area (Å²) in [5, 5.41) is 5.23. The van der Waals surface area contributed by atoms with E-state index < -0.39 is 29.7 Å². The zero-order chi connectivity index (χ0) is 28.4. The summed E-state index contributed by atoms with van der Waals surface area (Å²) < 4.78 is 19.4. The number of rotatable bonds is 7. The third-order valence-corrected chi connectivity index (χ3v) is 9.15. The van der Waals surface area contributed by atoms with E-state index in [9.17, 15) is 18.8 Å². The third-order valence-electron chi connectivity index (χ3n) is 8.03. The number of benzene rings is 2. The number of ketones is 1. The van der Waals surface area contributed by atoms with Crippen molar-refractivity contribution in [3.8, 4) is 0 Å². The number of hydrogen-bond acceptors (Lipinski definition) is 6. The van der Waals surface area contributed by atoms with E-state index in [0.29, 0.717) is 37.3 Å². The molecule has 2 aliphatic heterocycles. The first-order chi connectivity index (χ1) is 19.3. The highest BCUT2D eigenvalue weighted by molar-refractivity contribution is 7.10. The van der Waals surface area contributed by atoms with Gasteiger partial charge in [-0.1, -0.05) is 36.4 Å². The van der Waals surface area contributed by atoms with Crippen molar-refractivity contribution in [2.45, 2.75) is 31.8 Å². The van der Waals surface area contributed by atoms with Gasteiger partial charge in [0.25, 0.3) is 0 Å². The molecule has 2 amide bonds. The Bertz CT molecular complexity index is 1390. The minimum absolute atomic E-state index is 0.143. The second-order valence-corrected chi connectivity index (χ2v) is 11.4. The van der Waals surface area contributed by atoms with Crippen LogP contribution < -0.4 is 5.32 Å². The van der Waals surface area contributed by atoms with Crippen molar-refractivity contribution in [1.82, 2.24) is 15.1 Å². The number of nitrogens with zero attached hydrogens (tertiary/aromatic N) is 2. The Morgan fingerprint density at radius 3 is 2.33 bits per heavy atom. The number of thiophene rings is 1. The number of Topliss-reactive ketones (excluding diaryl/α,β-unsaturated/α-hetero) is 1. The Hall–Kier alpha value is -3.40. The van der Waals surface area contributed by atoms with E-state index in [2.05, 4.69) is 5.32 Å². The predicted octanol–water partition coefficient (Wildman–Crippen LogP) is 4.12. The van der Waals surface area contributed by atoms with E-state index >= 15 is 0 Å². The normalized spacial score (nSPS) is 22.9. The van der Waals surface area contributed by atoms with Crippen LogP contribution in [0.4, 0.5) is 4.39 Å². The summed E-state index contributed by atoms with van der Waals surface area (Å²) in [4.78, 5) is 47.2. The maximum Gasteiger partial charge on any atom is 0.249 e. The van der Waals surface area contributed by atoms with Crippen LogP contribution in [0.15, 0.2) is 60.0 Å². The van der Waals surface area contributed by atoms with Crippen LogP contribution in [0.2, 0.25) is 0 Å². The highest BCUT2D eigenvalue weighted by atomic mass is 32.1. The van der Waals surface area contributed by atoms with Crippen molar-refractivity contribution >= 4 is 28.9 Å². The number of nitrogens with one attached hydrogen (secondary N) is 1. The molecule has 210 valence electrons. The fourth-order valence-corrected chi connectivity index (χ4v) is 7.27. The van der Waals surface area contributed by atoms with Gasteiger partial charge in [-0.2, -0.15) is 0 Å². The number of carbonyl (C=O) groups is 3. The van der Waals surface area contributed by atoms with Gasteiger partial charge in [0.15, 0.2) is 5.78 Å². The zero-order valence-corrected chi connectivity index (χ0v) is 23.7. The molecular formula is C31H34FN3O4S. The van der Waals surface area contributed by atoms with Gasteiger partial charge >= 0.3 is 0 Å². The number of ether oxygens (including phenoxy) is 1. The molecule has 5 rings (SSSR count). The number of halogens is 1. The first-order valence-electron chi connectivity index (χ1n) is 13.5. The van der Waals surface area contributed by atoms with Crippen LogP contribution in [0.1, 0.15) is 43.9 Å². The lowest BCUT2D eigenvalue weighted by molar-refractivity contribution is -0.148. The molecule has 9 heteroatoms. The molecule has 0 aliphatic carbocycles. The number of aryl methyl sites for hydroxylation is 2. The molecule has 4 unspecified atom stereocenters. The van der Waals surface area contributed by atoms with Crippen molar-refractivity contribution in [1.29, 1.82) is 0 Å². The second-order valence-electron chi connectivity index (χ2n) is 10.4. The summed E-state index contributed by atoms with van der Waals surface area (Å²) in [6.07, 6.45) is 0. The van der Waals surface area contributed by atoms with Crippen molar-refractivity contribution in [3.05, 3.63) is 92.9 Å². The molecule has 0 bridgehead atoms. The number of carbonyl (C=O) groups excluding carboxylic acids is 3. The molecule has 3 aromatic rings. The molecule has 2 aliphatic rings. The Labute approximate surface area is 237 Å². The van der Waals surface area contributed by atoms with Crippen LogP contribution in [-0.2, 0) is 14.3 Å². The summed E-state index contributed by atoms with van der Waals surface area (Å²) in [6.45, 7) is 5.94. The number of hydrogen-bond donors (Lipinski definition) is 1. The van der Waals surface area contributed by atoms with E-state index in [0.717, 1.165) is 16.0 Å². The number of piperazine rings is 1. The smallest absolute Gasteiger partial charge is 0.249 e. The van der Waals surface area contributed by atoms with Crippen LogP contribution in [-0.4, -0.2) is 73.3 Å². The second kappa shape index (κ2) is 12.0. The van der Waals surface area contributed by atoms with Gasteiger partial charge < -0.3 is 19.9 Å². The topological polar surface area (TPSA) is 79.0 Å². The molecule has 1 aromatic heterocycles. The first-order valence-corrected chi connectivity index (χ1v) is 14.4. The zero-order valence-electron chi connectivity index (χ0n) is 22.9. The quantitative estimate of drug-likeness (QED) is 0.438. The van der Waals surface area contributed by atoms with Crippen LogP contribution in [0.3, 0.4) is 0 Å². The predicted molar refractivity (Wildman–Crippen MR) is 152 cm³/mol. The molecule has 0 saturated carbocycles. The Balaban J connectivity index is 1.76. The Morgan fingerprint density at radius 2 is 1.70 bits per heavy atom. The van der Waals surface area contributed by atoms with Gasteiger partial charge in [0.05, 0.1) is 12.0 Å². The average Bonchev–Trinajstić information content (AvgIpc) is 3.54. The maximum atomic E-state index is 14.6. The molecular weight excluding hydrogens is 529 g/mol. The largest absolute Gasteiger partial charge is 0.375 e. The SMILES string of the molecule is COCC(=O)N1C(C(=O)N2CCNCC2)C(c2sccc2C)C(C(=O)c2ccccc2C)C1c1ccc(F)cc1. The van der Waals surface area contributed by atoms with Gasteiger partial charge in [-0.3, -0.25) is 14.4 Å². The van der Waals surface area contributed by atoms with Crippen LogP contribution in [0, 0.1) is 25.6 Å². The first kappa shape index (κ1) is 28.1. The summed E-state index contributed by atoms with van der Waals surface area (Å²) >= 11 is 1.50. The summed E-state index contributed by atoms with van der Waals surface area (Å²) in [7, 11) is 1.44. The number of likely N-dealkylation sites (tertiary alicyclic amines) is 1. The van der Waals surface area contributed by atoms with E-state index in [1.54, 1.807) is 28.0 Å². The van der Waals surface area contributed by atoms with E-state index in [-0.39, 0.29) is 24.2 Å². The fraction of sp³-hybridized carbons (Fsp3) is 0.387. The fourth-order valence-electron chi connectivity index (χ4n) is 6.16. The molecule has 2 aromatic carbocycles. The summed E-state index contributed by atoms with van der Waals surface area (Å²) in [6, 6.07) is 13.5. The van der Waals surface area contributed by atoms with Gasteiger partial charge in [0.1, 0.15) is 18.5 Å². The lowest BCUT2D eigenvalue weighted by atomic mass is 9.77. The molecule has 4 atom stereocenters. The lowest BCUT2D eigenvalue weighted by Gasteiger charge is -2.36. The van der Waals surface area contributed by atoms with Crippen molar-refractivity contribution in [3.63, 3.8) is 0 Å². The van der Waals surface area contributed by atoms with E-state index in [1.807, 2.05) is 43.5 Å². The highest BCUT2D eigenvalue weighted by Crippen LogP contribution is 2.53. The van der Waals surface area contributed by atoms with Crippen molar-refractivity contribution in [2.24, 2.45) is 5.92 Å². The molecule has 0 spiro atoms. The molecule has 7 nitrogen and oxygen atoms in total. The van der Waals surface area contributed by atoms with Crippen molar-refractivity contribution in [2.75, 3.05) is 39.9 Å². The monoisotopic (exact) mass is 563 g/mol. The van der Waals surface area contributed by atoms with Gasteiger partial charge in [0, 0.05) is 49.6 Å². The van der Waals surface area contributed by atoms with Gasteiger partial charge in [-0.15, -0.1) is 11.3 Å². The minimum Gasteiger partial charge on any atom is -0.375 e. The number of methoxy groups -OCH3 is 1. The highest BCUT2D eigenvalue weighted by Gasteiger charge is 2.58. The van der Waals surface area contributed by atoms with Crippen LogP contribution in [0.5, 0.6) is 0 Å².